The topological polar surface area (TPSA) is 76.4 Å². The molecule has 0 amide bonds. The van der Waals surface area contributed by atoms with Crippen LogP contribution in [0.5, 0.6) is 5.75 Å². The molecule has 0 aliphatic carbocycles. The molecule has 3 aromatic rings. The summed E-state index contributed by atoms with van der Waals surface area (Å²) >= 11 is 0. The highest BCUT2D eigenvalue weighted by atomic mass is 16.5. The number of nitrogens with one attached hydrogen (secondary N) is 1. The van der Waals surface area contributed by atoms with Gasteiger partial charge in [0.05, 0.1) is 19.4 Å². The van der Waals surface area contributed by atoms with Crippen LogP contribution in [0.1, 0.15) is 23.2 Å². The molecule has 0 spiro atoms. The molecule has 1 aliphatic heterocycles. The van der Waals surface area contributed by atoms with E-state index in [4.69, 9.17) is 15.2 Å². The maximum absolute atomic E-state index is 5.97. The van der Waals surface area contributed by atoms with Crippen molar-refractivity contribution in [1.29, 1.82) is 0 Å². The highest BCUT2D eigenvalue weighted by Gasteiger charge is 2.24. The van der Waals surface area contributed by atoms with E-state index in [0.29, 0.717) is 6.61 Å². The second kappa shape index (κ2) is 6.97. The fourth-order valence-corrected chi connectivity index (χ4v) is 3.54. The molecule has 3 N–H and O–H groups in total. The lowest BCUT2D eigenvalue weighted by atomic mass is 10.1. The number of hydrogen-bond acceptors (Lipinski definition) is 5. The molecule has 6 nitrogen and oxygen atoms in total. The Labute approximate surface area is 152 Å². The van der Waals surface area contributed by atoms with E-state index >= 15 is 0 Å². The van der Waals surface area contributed by atoms with Crippen molar-refractivity contribution in [2.75, 3.05) is 32.5 Å². The van der Waals surface area contributed by atoms with Crippen LogP contribution in [0.3, 0.4) is 0 Å². The van der Waals surface area contributed by atoms with Crippen LogP contribution in [0, 0.1) is 6.92 Å². The van der Waals surface area contributed by atoms with Crippen LogP contribution >= 0.6 is 0 Å². The van der Waals surface area contributed by atoms with Gasteiger partial charge in [0.1, 0.15) is 11.9 Å². The van der Waals surface area contributed by atoms with Gasteiger partial charge in [0, 0.05) is 47.6 Å². The average Bonchev–Trinajstić information content (AvgIpc) is 3.02. The van der Waals surface area contributed by atoms with Crippen molar-refractivity contribution in [2.24, 2.45) is 0 Å². The predicted octanol–water partition coefficient (Wildman–Crippen LogP) is 3.04. The number of fused-ring (bicyclic) bond motifs is 1. The summed E-state index contributed by atoms with van der Waals surface area (Å²) in [4.78, 5) is 10.5. The summed E-state index contributed by atoms with van der Waals surface area (Å²) in [5.41, 5.74) is 10.8. The van der Waals surface area contributed by atoms with E-state index in [-0.39, 0.29) is 6.10 Å². The predicted molar refractivity (Wildman–Crippen MR) is 102 cm³/mol. The van der Waals surface area contributed by atoms with E-state index in [2.05, 4.69) is 33.1 Å². The Kier molecular flexibility index (Phi) is 4.53. The van der Waals surface area contributed by atoms with Crippen LogP contribution in [0.15, 0.2) is 36.4 Å². The lowest BCUT2D eigenvalue weighted by Gasteiger charge is -2.32. The Bertz CT molecular complexity index is 901. The number of methoxy groups -OCH3 is 1. The molecule has 0 saturated carbocycles. The van der Waals surface area contributed by atoms with E-state index in [1.54, 1.807) is 7.11 Å². The number of nitrogen functional groups attached to an aromatic ring is 1. The summed E-state index contributed by atoms with van der Waals surface area (Å²) < 4.78 is 11.3. The van der Waals surface area contributed by atoms with E-state index in [0.717, 1.165) is 53.4 Å². The molecule has 1 fully saturated rings. The first-order valence-electron chi connectivity index (χ1n) is 8.84. The van der Waals surface area contributed by atoms with Crippen molar-refractivity contribution < 1.29 is 9.47 Å². The average molecular weight is 352 g/mol. The number of pyridine rings is 1. The van der Waals surface area contributed by atoms with Crippen LogP contribution in [0.2, 0.25) is 0 Å². The summed E-state index contributed by atoms with van der Waals surface area (Å²) in [6, 6.07) is 12.1. The third-order valence-electron chi connectivity index (χ3n) is 4.75. The third kappa shape index (κ3) is 3.52. The van der Waals surface area contributed by atoms with Gasteiger partial charge in [-0.2, -0.15) is 0 Å². The summed E-state index contributed by atoms with van der Waals surface area (Å²) in [6.07, 6.45) is -0.0459. The van der Waals surface area contributed by atoms with Crippen molar-refractivity contribution in [3.8, 4) is 5.75 Å². The molecular weight excluding hydrogens is 328 g/mol. The highest BCUT2D eigenvalue weighted by Crippen LogP contribution is 2.25. The standard InChI is InChI=1S/C20H24N4O2/c1-13-7-15(21)10-19(22-13)20-12-24(5-6-26-20)11-16-8-14-9-17(25-2)3-4-18(14)23-16/h3-4,7-10,20,23H,5-6,11-12H2,1-2H3,(H2,21,22). The molecule has 0 bridgehead atoms. The number of hydrogen-bond donors (Lipinski definition) is 2. The van der Waals surface area contributed by atoms with Crippen LogP contribution in [-0.4, -0.2) is 41.7 Å². The second-order valence-corrected chi connectivity index (χ2v) is 6.81. The van der Waals surface area contributed by atoms with Gasteiger partial charge < -0.3 is 20.2 Å². The third-order valence-corrected chi connectivity index (χ3v) is 4.75. The number of nitrogens with zero attached hydrogens (tertiary/aromatic N) is 2. The normalized spacial score (nSPS) is 18.3. The number of nitrogens with two attached hydrogens (primary N) is 1. The number of aromatic amines is 1. The number of aryl methyl sites for hydroxylation is 1. The van der Waals surface area contributed by atoms with Gasteiger partial charge in [-0.3, -0.25) is 9.88 Å². The first-order chi connectivity index (χ1) is 12.6. The minimum Gasteiger partial charge on any atom is -0.497 e. The molecule has 26 heavy (non-hydrogen) atoms. The van der Waals surface area contributed by atoms with Crippen LogP contribution in [0.4, 0.5) is 5.69 Å². The number of morpholine rings is 1. The fraction of sp³-hybridized carbons (Fsp3) is 0.350. The minimum absolute atomic E-state index is 0.0459. The van der Waals surface area contributed by atoms with Crippen LogP contribution < -0.4 is 10.5 Å². The van der Waals surface area contributed by atoms with E-state index in [9.17, 15) is 0 Å². The van der Waals surface area contributed by atoms with Crippen molar-refractivity contribution in [3.05, 3.63) is 53.5 Å². The molecule has 2 aromatic heterocycles. The number of aromatic nitrogens is 2. The summed E-state index contributed by atoms with van der Waals surface area (Å²) in [5.74, 6) is 0.873. The van der Waals surface area contributed by atoms with Crippen molar-refractivity contribution in [1.82, 2.24) is 14.9 Å². The maximum atomic E-state index is 5.97. The zero-order valence-corrected chi connectivity index (χ0v) is 15.2. The molecule has 3 heterocycles. The summed E-state index contributed by atoms with van der Waals surface area (Å²) in [7, 11) is 1.69. The molecule has 1 aromatic carbocycles. The van der Waals surface area contributed by atoms with Crippen molar-refractivity contribution >= 4 is 16.6 Å². The Balaban J connectivity index is 1.49. The smallest absolute Gasteiger partial charge is 0.119 e. The molecule has 6 heteroatoms. The Hall–Kier alpha value is -2.57. The highest BCUT2D eigenvalue weighted by molar-refractivity contribution is 5.81. The number of ether oxygens (including phenoxy) is 2. The molecule has 1 saturated heterocycles. The van der Waals surface area contributed by atoms with Gasteiger partial charge in [0.15, 0.2) is 0 Å². The molecule has 1 aliphatic rings. The molecule has 4 rings (SSSR count). The molecular formula is C20H24N4O2. The Morgan fingerprint density at radius 2 is 2.19 bits per heavy atom. The summed E-state index contributed by atoms with van der Waals surface area (Å²) in [5, 5.41) is 1.16. The van der Waals surface area contributed by atoms with Gasteiger partial charge in [-0.1, -0.05) is 0 Å². The zero-order chi connectivity index (χ0) is 18.1. The van der Waals surface area contributed by atoms with E-state index in [1.165, 1.54) is 5.69 Å². The fourth-order valence-electron chi connectivity index (χ4n) is 3.54. The molecule has 1 unspecified atom stereocenters. The van der Waals surface area contributed by atoms with E-state index in [1.807, 2.05) is 25.1 Å². The first-order valence-corrected chi connectivity index (χ1v) is 8.84. The van der Waals surface area contributed by atoms with Gasteiger partial charge in [0.25, 0.3) is 0 Å². The van der Waals surface area contributed by atoms with Gasteiger partial charge in [-0.15, -0.1) is 0 Å². The lowest BCUT2D eigenvalue weighted by Crippen LogP contribution is -2.38. The number of benzene rings is 1. The zero-order valence-electron chi connectivity index (χ0n) is 15.2. The Morgan fingerprint density at radius 1 is 1.31 bits per heavy atom. The maximum Gasteiger partial charge on any atom is 0.119 e. The SMILES string of the molecule is COc1ccc2[nH]c(CN3CCOC(c4cc(N)cc(C)n4)C3)cc2c1. The Morgan fingerprint density at radius 3 is 3.00 bits per heavy atom. The van der Waals surface area contributed by atoms with Gasteiger partial charge in [0.2, 0.25) is 0 Å². The van der Waals surface area contributed by atoms with Crippen LogP contribution in [0.25, 0.3) is 10.9 Å². The lowest BCUT2D eigenvalue weighted by molar-refractivity contribution is -0.0353. The largest absolute Gasteiger partial charge is 0.497 e. The second-order valence-electron chi connectivity index (χ2n) is 6.81. The number of rotatable bonds is 4. The molecule has 136 valence electrons. The monoisotopic (exact) mass is 352 g/mol. The number of anilines is 1. The molecule has 0 radical (unpaired) electrons. The first kappa shape index (κ1) is 16.9. The van der Waals surface area contributed by atoms with Crippen molar-refractivity contribution in [2.45, 2.75) is 19.6 Å². The van der Waals surface area contributed by atoms with Crippen LogP contribution in [-0.2, 0) is 11.3 Å². The van der Waals surface area contributed by atoms with Gasteiger partial charge in [-0.25, -0.2) is 0 Å². The summed E-state index contributed by atoms with van der Waals surface area (Å²) in [6.45, 7) is 5.19. The van der Waals surface area contributed by atoms with E-state index < -0.39 is 0 Å². The van der Waals surface area contributed by atoms with Crippen molar-refractivity contribution in [3.63, 3.8) is 0 Å². The minimum atomic E-state index is -0.0459. The van der Waals surface area contributed by atoms with Gasteiger partial charge in [-0.05, 0) is 43.3 Å². The quantitative estimate of drug-likeness (QED) is 0.755. The molecule has 1 atom stereocenters. The number of H-pyrrole nitrogens is 1. The van der Waals surface area contributed by atoms with Gasteiger partial charge >= 0.3 is 0 Å².